The van der Waals surface area contributed by atoms with Crippen LogP contribution < -0.4 is 5.32 Å². The van der Waals surface area contributed by atoms with Crippen LogP contribution >= 0.6 is 0 Å². The number of hydrogen-bond donors (Lipinski definition) is 2. The highest BCUT2D eigenvalue weighted by Crippen LogP contribution is 2.39. The molecule has 0 saturated carbocycles. The lowest BCUT2D eigenvalue weighted by Crippen LogP contribution is -2.44. The molecule has 1 aromatic heterocycles. The van der Waals surface area contributed by atoms with Gasteiger partial charge < -0.3 is 10.4 Å². The summed E-state index contributed by atoms with van der Waals surface area (Å²) in [5, 5.41) is 28.0. The fourth-order valence-corrected chi connectivity index (χ4v) is 2.93. The molecule has 1 aliphatic heterocycles. The standard InChI is InChI=1S/C15H16N4O4/c1-8(2)18-14-11(7-16-18)12(9-4-3-5-10(20)6-9)13(19(22)23)15(21)17-14/h3-8,12-13,20H,1-2H3,(H,17,21)/t12-,13+/m1/s1. The topological polar surface area (TPSA) is 110 Å². The number of rotatable bonds is 3. The molecule has 0 radical (unpaired) electrons. The van der Waals surface area contributed by atoms with Gasteiger partial charge in [0.2, 0.25) is 0 Å². The van der Waals surface area contributed by atoms with Crippen LogP contribution in [-0.4, -0.2) is 31.8 Å². The van der Waals surface area contributed by atoms with Crippen LogP contribution in [-0.2, 0) is 4.79 Å². The lowest BCUT2D eigenvalue weighted by Gasteiger charge is -2.27. The summed E-state index contributed by atoms with van der Waals surface area (Å²) in [4.78, 5) is 23.1. The van der Waals surface area contributed by atoms with Gasteiger partial charge in [-0.2, -0.15) is 5.10 Å². The minimum atomic E-state index is -1.46. The Kier molecular flexibility index (Phi) is 3.51. The van der Waals surface area contributed by atoms with Crippen molar-refractivity contribution in [3.05, 3.63) is 51.7 Å². The van der Waals surface area contributed by atoms with Gasteiger partial charge in [0.25, 0.3) is 0 Å². The average molecular weight is 316 g/mol. The van der Waals surface area contributed by atoms with Gasteiger partial charge in [0.05, 0.1) is 12.1 Å². The number of nitrogens with zero attached hydrogens (tertiary/aromatic N) is 3. The first-order chi connectivity index (χ1) is 10.9. The number of benzene rings is 1. The van der Waals surface area contributed by atoms with Gasteiger partial charge in [-0.3, -0.25) is 14.9 Å². The van der Waals surface area contributed by atoms with Crippen molar-refractivity contribution in [1.82, 2.24) is 9.78 Å². The molecule has 23 heavy (non-hydrogen) atoms. The van der Waals surface area contributed by atoms with E-state index in [1.54, 1.807) is 23.0 Å². The molecule has 0 bridgehead atoms. The summed E-state index contributed by atoms with van der Waals surface area (Å²) in [6.07, 6.45) is 1.54. The number of phenols is 1. The minimum absolute atomic E-state index is 0.00367. The maximum absolute atomic E-state index is 12.3. The maximum atomic E-state index is 12.3. The van der Waals surface area contributed by atoms with Crippen molar-refractivity contribution < 1.29 is 14.8 Å². The first kappa shape index (κ1) is 15.0. The number of amides is 1. The largest absolute Gasteiger partial charge is 0.508 e. The molecule has 2 aromatic rings. The molecule has 0 unspecified atom stereocenters. The van der Waals surface area contributed by atoms with Crippen LogP contribution in [0.25, 0.3) is 0 Å². The molecule has 2 heterocycles. The van der Waals surface area contributed by atoms with E-state index in [2.05, 4.69) is 10.4 Å². The molecule has 1 aromatic carbocycles. The number of nitro groups is 1. The second-order valence-corrected chi connectivity index (χ2v) is 5.78. The molecule has 2 atom stereocenters. The normalized spacial score (nSPS) is 20.2. The zero-order valence-corrected chi connectivity index (χ0v) is 12.6. The molecule has 1 amide bonds. The van der Waals surface area contributed by atoms with Gasteiger partial charge in [0.1, 0.15) is 11.6 Å². The van der Waals surface area contributed by atoms with Gasteiger partial charge >= 0.3 is 11.9 Å². The van der Waals surface area contributed by atoms with Crippen molar-refractivity contribution in [3.63, 3.8) is 0 Å². The Morgan fingerprint density at radius 1 is 1.43 bits per heavy atom. The molecule has 0 saturated heterocycles. The van der Waals surface area contributed by atoms with Crippen LogP contribution in [0, 0.1) is 10.1 Å². The Balaban J connectivity index is 2.20. The number of fused-ring (bicyclic) bond motifs is 1. The van der Waals surface area contributed by atoms with Crippen LogP contribution in [0.1, 0.15) is 36.9 Å². The molecule has 8 nitrogen and oxygen atoms in total. The number of hydrogen-bond acceptors (Lipinski definition) is 5. The Bertz CT molecular complexity index is 784. The summed E-state index contributed by atoms with van der Waals surface area (Å²) in [6.45, 7) is 3.81. The Morgan fingerprint density at radius 2 is 2.17 bits per heavy atom. The first-order valence-electron chi connectivity index (χ1n) is 7.21. The molecule has 0 spiro atoms. The summed E-state index contributed by atoms with van der Waals surface area (Å²) < 4.78 is 1.62. The second-order valence-electron chi connectivity index (χ2n) is 5.78. The summed E-state index contributed by atoms with van der Waals surface area (Å²) in [6, 6.07) is 4.71. The molecule has 1 aliphatic rings. The number of carbonyl (C=O) groups is 1. The van der Waals surface area contributed by atoms with Crippen LogP contribution in [0.4, 0.5) is 5.82 Å². The number of phenolic OH excluding ortho intramolecular Hbond substituents is 1. The Hall–Kier alpha value is -2.90. The lowest BCUT2D eigenvalue weighted by atomic mass is 9.83. The lowest BCUT2D eigenvalue weighted by molar-refractivity contribution is -0.509. The van der Waals surface area contributed by atoms with E-state index < -0.39 is 22.8 Å². The van der Waals surface area contributed by atoms with Crippen LogP contribution in [0.2, 0.25) is 0 Å². The third-order valence-electron chi connectivity index (χ3n) is 3.93. The van der Waals surface area contributed by atoms with Gasteiger partial charge in [-0.1, -0.05) is 12.1 Å². The molecule has 8 heteroatoms. The molecule has 120 valence electrons. The zero-order chi connectivity index (χ0) is 16.7. The highest BCUT2D eigenvalue weighted by Gasteiger charge is 2.47. The number of aromatic hydroxyl groups is 1. The smallest absolute Gasteiger partial charge is 0.301 e. The van der Waals surface area contributed by atoms with Gasteiger partial charge in [-0.25, -0.2) is 4.68 Å². The van der Waals surface area contributed by atoms with E-state index in [0.29, 0.717) is 16.9 Å². The predicted octanol–water partition coefficient (Wildman–Crippen LogP) is 1.90. The fraction of sp³-hybridized carbons (Fsp3) is 0.333. The monoisotopic (exact) mass is 316 g/mol. The van der Waals surface area contributed by atoms with Gasteiger partial charge in [0, 0.05) is 16.5 Å². The summed E-state index contributed by atoms with van der Waals surface area (Å²) in [5.74, 6) is -1.02. The Labute approximate surface area is 131 Å². The highest BCUT2D eigenvalue weighted by molar-refractivity contribution is 5.97. The SMILES string of the molecule is CC(C)n1ncc2c1NC(=O)[C@@H]([N+](=O)[O-])[C@@H]2c1cccc(O)c1. The maximum Gasteiger partial charge on any atom is 0.301 e. The van der Waals surface area contributed by atoms with Crippen LogP contribution in [0.5, 0.6) is 5.75 Å². The van der Waals surface area contributed by atoms with E-state index in [-0.39, 0.29) is 11.8 Å². The quantitative estimate of drug-likeness (QED) is 0.663. The van der Waals surface area contributed by atoms with Gasteiger partial charge in [-0.05, 0) is 31.5 Å². The van der Waals surface area contributed by atoms with Crippen molar-refractivity contribution in [2.75, 3.05) is 5.32 Å². The third kappa shape index (κ3) is 2.41. The summed E-state index contributed by atoms with van der Waals surface area (Å²) in [5.41, 5.74) is 1.08. The number of anilines is 1. The van der Waals surface area contributed by atoms with Crippen molar-refractivity contribution >= 4 is 11.7 Å². The molecule has 0 aliphatic carbocycles. The van der Waals surface area contributed by atoms with Crippen LogP contribution in [0.3, 0.4) is 0 Å². The second kappa shape index (κ2) is 5.38. The van der Waals surface area contributed by atoms with Crippen molar-refractivity contribution in [2.24, 2.45) is 0 Å². The highest BCUT2D eigenvalue weighted by atomic mass is 16.6. The fourth-order valence-electron chi connectivity index (χ4n) is 2.93. The van der Waals surface area contributed by atoms with E-state index in [4.69, 9.17) is 0 Å². The van der Waals surface area contributed by atoms with E-state index in [9.17, 15) is 20.0 Å². The molecular formula is C15H16N4O4. The Morgan fingerprint density at radius 3 is 2.78 bits per heavy atom. The first-order valence-corrected chi connectivity index (χ1v) is 7.21. The summed E-state index contributed by atoms with van der Waals surface area (Å²) in [7, 11) is 0. The van der Waals surface area contributed by atoms with Crippen molar-refractivity contribution in [2.45, 2.75) is 31.8 Å². The number of nitrogens with one attached hydrogen (secondary N) is 1. The van der Waals surface area contributed by atoms with Gasteiger partial charge in [0.15, 0.2) is 0 Å². The van der Waals surface area contributed by atoms with E-state index in [1.165, 1.54) is 12.1 Å². The predicted molar refractivity (Wildman–Crippen MR) is 82.0 cm³/mol. The molecular weight excluding hydrogens is 300 g/mol. The number of aromatic nitrogens is 2. The number of carbonyl (C=O) groups excluding carboxylic acids is 1. The van der Waals surface area contributed by atoms with E-state index in [0.717, 1.165) is 0 Å². The summed E-state index contributed by atoms with van der Waals surface area (Å²) >= 11 is 0. The minimum Gasteiger partial charge on any atom is -0.508 e. The molecule has 2 N–H and O–H groups in total. The van der Waals surface area contributed by atoms with Crippen molar-refractivity contribution in [3.8, 4) is 5.75 Å². The average Bonchev–Trinajstić information content (AvgIpc) is 2.88. The third-order valence-corrected chi connectivity index (χ3v) is 3.93. The van der Waals surface area contributed by atoms with Gasteiger partial charge in [-0.15, -0.1) is 0 Å². The molecule has 0 fully saturated rings. The molecule has 3 rings (SSSR count). The van der Waals surface area contributed by atoms with Crippen LogP contribution in [0.15, 0.2) is 30.5 Å². The van der Waals surface area contributed by atoms with E-state index in [1.807, 2.05) is 13.8 Å². The zero-order valence-electron chi connectivity index (χ0n) is 12.6. The van der Waals surface area contributed by atoms with E-state index >= 15 is 0 Å². The van der Waals surface area contributed by atoms with Crippen molar-refractivity contribution in [1.29, 1.82) is 0 Å².